The fourth-order valence-electron chi connectivity index (χ4n) is 3.61. The van der Waals surface area contributed by atoms with Crippen molar-refractivity contribution >= 4 is 27.5 Å². The number of rotatable bonds is 7. The predicted molar refractivity (Wildman–Crippen MR) is 110 cm³/mol. The molecule has 0 spiro atoms. The smallest absolute Gasteiger partial charge is 0.259 e. The molecule has 0 bridgehead atoms. The number of fused-ring (bicyclic) bond motifs is 3. The number of aromatic nitrogens is 2. The average Bonchev–Trinajstić information content (AvgIpc) is 3.02. The van der Waals surface area contributed by atoms with Crippen LogP contribution < -0.4 is 16.6 Å². The van der Waals surface area contributed by atoms with Crippen LogP contribution in [-0.4, -0.2) is 28.0 Å². The SMILES string of the molecule is CCC(N)(CC)CNC(=O)CCc1nc2sc3c(c2c(=O)[nH]1)CCC(C)C3. The maximum atomic E-state index is 12.6. The van der Waals surface area contributed by atoms with Gasteiger partial charge in [0.25, 0.3) is 5.56 Å². The van der Waals surface area contributed by atoms with E-state index in [9.17, 15) is 9.59 Å². The summed E-state index contributed by atoms with van der Waals surface area (Å²) in [5.41, 5.74) is 6.98. The molecule has 4 N–H and O–H groups in total. The van der Waals surface area contributed by atoms with Crippen LogP contribution in [0.4, 0.5) is 0 Å². The molecule has 0 aromatic carbocycles. The number of carbonyl (C=O) groups excluding carboxylic acids is 1. The van der Waals surface area contributed by atoms with E-state index in [2.05, 4.69) is 22.2 Å². The molecule has 1 amide bonds. The number of thiophene rings is 1. The van der Waals surface area contributed by atoms with E-state index in [4.69, 9.17) is 5.73 Å². The minimum atomic E-state index is -0.353. The highest BCUT2D eigenvalue weighted by atomic mass is 32.1. The Morgan fingerprint density at radius 1 is 1.41 bits per heavy atom. The van der Waals surface area contributed by atoms with Crippen LogP contribution in [0.25, 0.3) is 10.2 Å². The molecule has 2 aromatic heterocycles. The van der Waals surface area contributed by atoms with Gasteiger partial charge >= 0.3 is 0 Å². The van der Waals surface area contributed by atoms with Crippen LogP contribution in [0.1, 0.15) is 62.7 Å². The largest absolute Gasteiger partial charge is 0.354 e. The molecule has 2 heterocycles. The standard InChI is InChI=1S/C20H30N4O2S/c1-4-20(21,5-2)11-22-16(25)9-8-15-23-18(26)17-13-7-6-12(3)10-14(13)27-19(17)24-15/h12H,4-11,21H2,1-3H3,(H,22,25)(H,23,24,26). The van der Waals surface area contributed by atoms with Crippen molar-refractivity contribution in [1.82, 2.24) is 15.3 Å². The lowest BCUT2D eigenvalue weighted by Gasteiger charge is -2.26. The van der Waals surface area contributed by atoms with Crippen molar-refractivity contribution in [2.75, 3.05) is 6.54 Å². The molecular weight excluding hydrogens is 360 g/mol. The number of hydrogen-bond acceptors (Lipinski definition) is 5. The van der Waals surface area contributed by atoms with Gasteiger partial charge in [0, 0.05) is 29.8 Å². The molecule has 6 nitrogen and oxygen atoms in total. The van der Waals surface area contributed by atoms with Gasteiger partial charge in [0.05, 0.1) is 5.39 Å². The van der Waals surface area contributed by atoms with Gasteiger partial charge in [-0.3, -0.25) is 9.59 Å². The summed E-state index contributed by atoms with van der Waals surface area (Å²) in [6.07, 6.45) is 5.46. The summed E-state index contributed by atoms with van der Waals surface area (Å²) in [6.45, 7) is 6.78. The number of aryl methyl sites for hydroxylation is 2. The monoisotopic (exact) mass is 390 g/mol. The highest BCUT2D eigenvalue weighted by Gasteiger charge is 2.23. The van der Waals surface area contributed by atoms with E-state index in [0.29, 0.717) is 31.1 Å². The van der Waals surface area contributed by atoms with Crippen molar-refractivity contribution in [2.24, 2.45) is 11.7 Å². The van der Waals surface area contributed by atoms with Crippen LogP contribution in [0, 0.1) is 5.92 Å². The third-order valence-electron chi connectivity index (χ3n) is 5.85. The van der Waals surface area contributed by atoms with E-state index in [1.807, 2.05) is 13.8 Å². The molecule has 0 saturated heterocycles. The molecule has 0 saturated carbocycles. The van der Waals surface area contributed by atoms with Crippen LogP contribution in [0.5, 0.6) is 0 Å². The predicted octanol–water partition coefficient (Wildman–Crippen LogP) is 2.68. The van der Waals surface area contributed by atoms with Crippen LogP contribution >= 0.6 is 11.3 Å². The number of nitrogens with zero attached hydrogens (tertiary/aromatic N) is 1. The van der Waals surface area contributed by atoms with Gasteiger partial charge in [-0.1, -0.05) is 20.8 Å². The maximum absolute atomic E-state index is 12.6. The van der Waals surface area contributed by atoms with E-state index in [0.717, 1.165) is 42.3 Å². The van der Waals surface area contributed by atoms with Crippen LogP contribution in [-0.2, 0) is 24.1 Å². The van der Waals surface area contributed by atoms with E-state index in [-0.39, 0.29) is 17.0 Å². The lowest BCUT2D eigenvalue weighted by Crippen LogP contribution is -2.49. The van der Waals surface area contributed by atoms with E-state index in [1.54, 1.807) is 11.3 Å². The highest BCUT2D eigenvalue weighted by molar-refractivity contribution is 7.18. The van der Waals surface area contributed by atoms with Crippen molar-refractivity contribution in [3.63, 3.8) is 0 Å². The Morgan fingerprint density at radius 3 is 2.85 bits per heavy atom. The molecule has 1 aliphatic carbocycles. The number of nitrogens with two attached hydrogens (primary N) is 1. The van der Waals surface area contributed by atoms with Crippen LogP contribution in [0.2, 0.25) is 0 Å². The molecule has 1 aliphatic rings. The van der Waals surface area contributed by atoms with Crippen molar-refractivity contribution in [1.29, 1.82) is 0 Å². The van der Waals surface area contributed by atoms with Gasteiger partial charge in [-0.15, -0.1) is 11.3 Å². The third-order valence-corrected chi connectivity index (χ3v) is 7.00. The second kappa shape index (κ2) is 8.10. The maximum Gasteiger partial charge on any atom is 0.259 e. The first-order valence-electron chi connectivity index (χ1n) is 9.94. The zero-order chi connectivity index (χ0) is 19.6. The Hall–Kier alpha value is -1.73. The van der Waals surface area contributed by atoms with Crippen molar-refractivity contribution in [3.05, 3.63) is 26.6 Å². The summed E-state index contributed by atoms with van der Waals surface area (Å²) < 4.78 is 0. The minimum absolute atomic E-state index is 0.0613. The molecule has 0 radical (unpaired) electrons. The molecule has 2 aromatic rings. The first-order valence-corrected chi connectivity index (χ1v) is 10.8. The Balaban J connectivity index is 1.68. The molecule has 1 unspecified atom stereocenters. The summed E-state index contributed by atoms with van der Waals surface area (Å²) in [6, 6.07) is 0. The van der Waals surface area contributed by atoms with Gasteiger partial charge in [0.2, 0.25) is 5.91 Å². The molecule has 148 valence electrons. The summed E-state index contributed by atoms with van der Waals surface area (Å²) >= 11 is 1.64. The zero-order valence-corrected chi connectivity index (χ0v) is 17.3. The highest BCUT2D eigenvalue weighted by Crippen LogP contribution is 2.35. The lowest BCUT2D eigenvalue weighted by atomic mass is 9.89. The van der Waals surface area contributed by atoms with Crippen molar-refractivity contribution in [3.8, 4) is 0 Å². The average molecular weight is 391 g/mol. The number of nitrogens with one attached hydrogen (secondary N) is 2. The Morgan fingerprint density at radius 2 is 2.15 bits per heavy atom. The summed E-state index contributed by atoms with van der Waals surface area (Å²) in [4.78, 5) is 34.4. The third kappa shape index (κ3) is 4.41. The Bertz CT molecular complexity index is 882. The second-order valence-corrected chi connectivity index (χ2v) is 8.97. The molecule has 27 heavy (non-hydrogen) atoms. The number of amides is 1. The fourth-order valence-corrected chi connectivity index (χ4v) is 5.01. The van der Waals surface area contributed by atoms with E-state index < -0.39 is 0 Å². The normalized spacial score (nSPS) is 17.1. The first kappa shape index (κ1) is 20.0. The topological polar surface area (TPSA) is 101 Å². The second-order valence-electron chi connectivity index (χ2n) is 7.89. The van der Waals surface area contributed by atoms with Crippen LogP contribution in [0.3, 0.4) is 0 Å². The number of aromatic amines is 1. The summed E-state index contributed by atoms with van der Waals surface area (Å²) in [5, 5.41) is 3.67. The van der Waals surface area contributed by atoms with Gasteiger partial charge in [-0.2, -0.15) is 0 Å². The Kier molecular flexibility index (Phi) is 6.01. The fraction of sp³-hybridized carbons (Fsp3) is 0.650. The van der Waals surface area contributed by atoms with Gasteiger partial charge < -0.3 is 16.0 Å². The molecule has 0 aliphatic heterocycles. The van der Waals surface area contributed by atoms with Crippen molar-refractivity contribution < 1.29 is 4.79 Å². The van der Waals surface area contributed by atoms with Crippen molar-refractivity contribution in [2.45, 2.75) is 71.3 Å². The van der Waals surface area contributed by atoms with Gasteiger partial charge in [0.1, 0.15) is 10.7 Å². The van der Waals surface area contributed by atoms with E-state index >= 15 is 0 Å². The summed E-state index contributed by atoms with van der Waals surface area (Å²) in [7, 11) is 0. The number of hydrogen-bond donors (Lipinski definition) is 3. The summed E-state index contributed by atoms with van der Waals surface area (Å²) in [5.74, 6) is 1.18. The van der Waals surface area contributed by atoms with Gasteiger partial charge in [0.15, 0.2) is 0 Å². The quantitative estimate of drug-likeness (QED) is 0.676. The lowest BCUT2D eigenvalue weighted by molar-refractivity contribution is -0.121. The minimum Gasteiger partial charge on any atom is -0.354 e. The number of carbonyl (C=O) groups is 1. The Labute approximate surface area is 164 Å². The van der Waals surface area contributed by atoms with Gasteiger partial charge in [-0.25, -0.2) is 4.98 Å². The van der Waals surface area contributed by atoms with Crippen LogP contribution in [0.15, 0.2) is 4.79 Å². The zero-order valence-electron chi connectivity index (χ0n) is 16.5. The number of H-pyrrole nitrogens is 1. The molecule has 3 rings (SSSR count). The van der Waals surface area contributed by atoms with Gasteiger partial charge in [-0.05, 0) is 43.6 Å². The first-order chi connectivity index (χ1) is 12.8. The molecule has 1 atom stereocenters. The molecule has 0 fully saturated rings. The molecule has 7 heteroatoms. The molecular formula is C20H30N4O2S. The van der Waals surface area contributed by atoms with E-state index in [1.165, 1.54) is 10.4 Å².